The summed E-state index contributed by atoms with van der Waals surface area (Å²) < 4.78 is 5.89. The number of furan rings is 1. The highest BCUT2D eigenvalue weighted by atomic mass is 16.4. The summed E-state index contributed by atoms with van der Waals surface area (Å²) in [5, 5.41) is 16.2. The zero-order valence-electron chi connectivity index (χ0n) is 13.7. The van der Waals surface area contributed by atoms with Gasteiger partial charge in [0.15, 0.2) is 5.76 Å². The standard InChI is InChI=1S/C19H19N3O3/c23-19(24)16-4-2-1-3-15(16)13-8-10-22(11-13)12-14-5-6-18(25-14)17-7-9-20-21-17/h1-7,9,13H,8,10-12H2,(H,20,21)(H,23,24)/t13-/m1/s1. The van der Waals surface area contributed by atoms with Crippen molar-refractivity contribution in [1.29, 1.82) is 0 Å². The number of likely N-dealkylation sites (tertiary alicyclic amines) is 1. The molecule has 0 amide bonds. The van der Waals surface area contributed by atoms with E-state index in [1.807, 2.05) is 30.3 Å². The van der Waals surface area contributed by atoms with Gasteiger partial charge in [0.2, 0.25) is 0 Å². The Morgan fingerprint density at radius 2 is 2.16 bits per heavy atom. The molecule has 128 valence electrons. The van der Waals surface area contributed by atoms with Crippen LogP contribution in [0.5, 0.6) is 0 Å². The van der Waals surface area contributed by atoms with Gasteiger partial charge in [-0.25, -0.2) is 4.79 Å². The molecule has 1 aliphatic rings. The first-order valence-electron chi connectivity index (χ1n) is 8.34. The first kappa shape index (κ1) is 15.7. The average Bonchev–Trinajstić information content (AvgIpc) is 3.36. The molecule has 0 radical (unpaired) electrons. The maximum Gasteiger partial charge on any atom is 0.335 e. The van der Waals surface area contributed by atoms with Crippen molar-refractivity contribution in [3.05, 3.63) is 65.5 Å². The summed E-state index contributed by atoms with van der Waals surface area (Å²) in [6.07, 6.45) is 2.65. The predicted octanol–water partition coefficient (Wildman–Crippen LogP) is 3.36. The van der Waals surface area contributed by atoms with Crippen molar-refractivity contribution in [2.45, 2.75) is 18.9 Å². The molecule has 0 saturated carbocycles. The van der Waals surface area contributed by atoms with Gasteiger partial charge in [0.25, 0.3) is 0 Å². The maximum atomic E-state index is 11.4. The van der Waals surface area contributed by atoms with E-state index in [-0.39, 0.29) is 5.92 Å². The number of rotatable bonds is 5. The fourth-order valence-corrected chi connectivity index (χ4v) is 3.50. The van der Waals surface area contributed by atoms with Crippen molar-refractivity contribution >= 4 is 5.97 Å². The Balaban J connectivity index is 1.44. The summed E-state index contributed by atoms with van der Waals surface area (Å²) >= 11 is 0. The topological polar surface area (TPSA) is 82.4 Å². The molecule has 0 spiro atoms. The number of nitrogens with zero attached hydrogens (tertiary/aromatic N) is 2. The van der Waals surface area contributed by atoms with E-state index in [1.54, 1.807) is 18.3 Å². The lowest BCUT2D eigenvalue weighted by Gasteiger charge is -2.16. The van der Waals surface area contributed by atoms with E-state index >= 15 is 0 Å². The fourth-order valence-electron chi connectivity index (χ4n) is 3.50. The highest BCUT2D eigenvalue weighted by Crippen LogP contribution is 2.31. The second kappa shape index (κ2) is 6.57. The Kier molecular flexibility index (Phi) is 4.11. The van der Waals surface area contributed by atoms with Crippen LogP contribution in [0.2, 0.25) is 0 Å². The number of carboxylic acid groups (broad SMARTS) is 1. The van der Waals surface area contributed by atoms with Gasteiger partial charge < -0.3 is 9.52 Å². The molecular weight excluding hydrogens is 318 g/mol. The highest BCUT2D eigenvalue weighted by molar-refractivity contribution is 5.89. The first-order valence-corrected chi connectivity index (χ1v) is 8.34. The third kappa shape index (κ3) is 3.21. The second-order valence-electron chi connectivity index (χ2n) is 6.35. The van der Waals surface area contributed by atoms with Crippen LogP contribution in [-0.2, 0) is 6.54 Å². The minimum atomic E-state index is -0.857. The van der Waals surface area contributed by atoms with Gasteiger partial charge in [-0.3, -0.25) is 10.00 Å². The number of benzene rings is 1. The van der Waals surface area contributed by atoms with Gasteiger partial charge in [-0.1, -0.05) is 18.2 Å². The summed E-state index contributed by atoms with van der Waals surface area (Å²) in [5.41, 5.74) is 2.20. The number of carbonyl (C=O) groups is 1. The Hall–Kier alpha value is -2.86. The van der Waals surface area contributed by atoms with Crippen LogP contribution in [0, 0.1) is 0 Å². The summed E-state index contributed by atoms with van der Waals surface area (Å²) in [5.74, 6) is 1.06. The van der Waals surface area contributed by atoms with Gasteiger partial charge in [0.05, 0.1) is 12.1 Å². The molecule has 25 heavy (non-hydrogen) atoms. The Morgan fingerprint density at radius 1 is 1.28 bits per heavy atom. The maximum absolute atomic E-state index is 11.4. The SMILES string of the molecule is O=C(O)c1ccccc1[C@@H]1CCN(Cc2ccc(-c3ccn[nH]3)o2)C1. The molecule has 1 aromatic carbocycles. The van der Waals surface area contributed by atoms with Crippen LogP contribution in [0.3, 0.4) is 0 Å². The largest absolute Gasteiger partial charge is 0.478 e. The molecule has 4 rings (SSSR count). The number of carboxylic acids is 1. The van der Waals surface area contributed by atoms with Gasteiger partial charge in [-0.2, -0.15) is 5.10 Å². The Morgan fingerprint density at radius 3 is 2.96 bits per heavy atom. The van der Waals surface area contributed by atoms with Crippen LogP contribution in [-0.4, -0.2) is 39.3 Å². The number of hydrogen-bond acceptors (Lipinski definition) is 4. The zero-order chi connectivity index (χ0) is 17.2. The number of hydrogen-bond donors (Lipinski definition) is 2. The minimum absolute atomic E-state index is 0.245. The van der Waals surface area contributed by atoms with Crippen LogP contribution in [0.1, 0.15) is 34.0 Å². The molecule has 1 atom stereocenters. The summed E-state index contributed by atoms with van der Waals surface area (Å²) in [7, 11) is 0. The van der Waals surface area contributed by atoms with Gasteiger partial charge in [-0.05, 0) is 48.7 Å². The van der Waals surface area contributed by atoms with Crippen molar-refractivity contribution in [2.24, 2.45) is 0 Å². The van der Waals surface area contributed by atoms with E-state index in [4.69, 9.17) is 4.42 Å². The average molecular weight is 337 g/mol. The Bertz CT molecular complexity index is 870. The number of H-pyrrole nitrogens is 1. The minimum Gasteiger partial charge on any atom is -0.478 e. The normalized spacial score (nSPS) is 17.8. The highest BCUT2D eigenvalue weighted by Gasteiger charge is 2.27. The van der Waals surface area contributed by atoms with Crippen molar-refractivity contribution in [1.82, 2.24) is 15.1 Å². The van der Waals surface area contributed by atoms with Gasteiger partial charge in [0, 0.05) is 12.7 Å². The summed E-state index contributed by atoms with van der Waals surface area (Å²) in [4.78, 5) is 13.7. The second-order valence-corrected chi connectivity index (χ2v) is 6.35. The summed E-state index contributed by atoms with van der Waals surface area (Å²) in [6.45, 7) is 2.49. The predicted molar refractivity (Wildman–Crippen MR) is 92.3 cm³/mol. The number of aromatic amines is 1. The van der Waals surface area contributed by atoms with Gasteiger partial charge in [0.1, 0.15) is 11.5 Å². The molecule has 0 aliphatic carbocycles. The van der Waals surface area contributed by atoms with E-state index in [9.17, 15) is 9.90 Å². The molecule has 1 saturated heterocycles. The van der Waals surface area contributed by atoms with Gasteiger partial charge >= 0.3 is 5.97 Å². The van der Waals surface area contributed by atoms with Crippen molar-refractivity contribution in [3.63, 3.8) is 0 Å². The third-order valence-electron chi connectivity index (χ3n) is 4.71. The van der Waals surface area contributed by atoms with Crippen molar-refractivity contribution < 1.29 is 14.3 Å². The van der Waals surface area contributed by atoms with Gasteiger partial charge in [-0.15, -0.1) is 0 Å². The molecule has 0 bridgehead atoms. The van der Waals surface area contributed by atoms with Crippen molar-refractivity contribution in [2.75, 3.05) is 13.1 Å². The van der Waals surface area contributed by atoms with E-state index in [0.29, 0.717) is 5.56 Å². The molecule has 2 aromatic heterocycles. The van der Waals surface area contributed by atoms with Crippen LogP contribution in [0.4, 0.5) is 0 Å². The molecule has 2 N–H and O–H groups in total. The molecule has 1 aliphatic heterocycles. The van der Waals surface area contributed by atoms with E-state index in [2.05, 4.69) is 15.1 Å². The Labute approximate surface area is 145 Å². The number of aromatic nitrogens is 2. The first-order chi connectivity index (χ1) is 12.2. The van der Waals surface area contributed by atoms with Crippen LogP contribution < -0.4 is 0 Å². The molecule has 3 aromatic rings. The van der Waals surface area contributed by atoms with E-state index in [1.165, 1.54) is 0 Å². The molecule has 6 heteroatoms. The zero-order valence-corrected chi connectivity index (χ0v) is 13.7. The smallest absolute Gasteiger partial charge is 0.335 e. The monoisotopic (exact) mass is 337 g/mol. The third-order valence-corrected chi connectivity index (χ3v) is 4.71. The quantitative estimate of drug-likeness (QED) is 0.746. The molecule has 1 fully saturated rings. The number of nitrogens with one attached hydrogen (secondary N) is 1. The lowest BCUT2D eigenvalue weighted by atomic mass is 9.93. The van der Waals surface area contributed by atoms with Crippen LogP contribution in [0.15, 0.2) is 53.1 Å². The molecule has 3 heterocycles. The summed E-state index contributed by atoms with van der Waals surface area (Å²) in [6, 6.07) is 13.1. The van der Waals surface area contributed by atoms with Crippen LogP contribution >= 0.6 is 0 Å². The molecule has 0 unspecified atom stereocenters. The van der Waals surface area contributed by atoms with E-state index < -0.39 is 5.97 Å². The fraction of sp³-hybridized carbons (Fsp3) is 0.263. The van der Waals surface area contributed by atoms with Crippen molar-refractivity contribution in [3.8, 4) is 11.5 Å². The molecular formula is C19H19N3O3. The molecule has 6 nitrogen and oxygen atoms in total. The van der Waals surface area contributed by atoms with Crippen LogP contribution in [0.25, 0.3) is 11.5 Å². The lowest BCUT2D eigenvalue weighted by molar-refractivity contribution is 0.0695. The number of aromatic carboxylic acids is 1. The lowest BCUT2D eigenvalue weighted by Crippen LogP contribution is -2.19. The van der Waals surface area contributed by atoms with E-state index in [0.717, 1.165) is 48.8 Å².